The smallest absolute Gasteiger partial charge is 0.306 e. The Kier molecular flexibility index (Phi) is 3.14. The second-order valence-electron chi connectivity index (χ2n) is 4.98. The molecule has 2 aromatic heterocycles. The Morgan fingerprint density at radius 3 is 3.05 bits per heavy atom. The summed E-state index contributed by atoms with van der Waals surface area (Å²) in [6.07, 6.45) is 6.70. The second-order valence-corrected chi connectivity index (χ2v) is 5.34. The first-order chi connectivity index (χ1) is 9.16. The first kappa shape index (κ1) is 12.4. The lowest BCUT2D eigenvalue weighted by molar-refractivity contribution is -0.143. The van der Waals surface area contributed by atoms with Crippen LogP contribution in [0.5, 0.6) is 0 Å². The van der Waals surface area contributed by atoms with E-state index in [1.807, 2.05) is 16.8 Å². The predicted octanol–water partition coefficient (Wildman–Crippen LogP) is 2.90. The summed E-state index contributed by atoms with van der Waals surface area (Å²) in [6.45, 7) is 0. The molecule has 0 unspecified atom stereocenters. The van der Waals surface area contributed by atoms with Crippen molar-refractivity contribution in [2.45, 2.75) is 31.7 Å². The third kappa shape index (κ3) is 2.18. The molecule has 0 saturated heterocycles. The van der Waals surface area contributed by atoms with Crippen LogP contribution in [0.3, 0.4) is 0 Å². The second kappa shape index (κ2) is 4.81. The van der Waals surface area contributed by atoms with Crippen molar-refractivity contribution >= 4 is 28.6 Å². The molecule has 19 heavy (non-hydrogen) atoms. The zero-order valence-electron chi connectivity index (χ0n) is 10.3. The molecule has 2 heterocycles. The number of aromatic nitrogens is 3. The maximum Gasteiger partial charge on any atom is 0.306 e. The average molecular weight is 280 g/mol. The first-order valence-electron chi connectivity index (χ1n) is 6.36. The van der Waals surface area contributed by atoms with Crippen molar-refractivity contribution in [1.29, 1.82) is 0 Å². The molecule has 1 aliphatic rings. The Bertz CT molecular complexity index is 625. The molecule has 0 radical (unpaired) electrons. The predicted molar refractivity (Wildman–Crippen MR) is 71.2 cm³/mol. The average Bonchev–Trinajstić information content (AvgIpc) is 2.84. The number of hydrogen-bond donors (Lipinski definition) is 1. The van der Waals surface area contributed by atoms with E-state index in [-0.39, 0.29) is 12.0 Å². The van der Waals surface area contributed by atoms with E-state index >= 15 is 0 Å². The number of nitrogens with zero attached hydrogens (tertiary/aromatic N) is 3. The first-order valence-corrected chi connectivity index (χ1v) is 6.74. The summed E-state index contributed by atoms with van der Waals surface area (Å²) in [7, 11) is 0. The number of carboxylic acid groups (broad SMARTS) is 1. The van der Waals surface area contributed by atoms with Crippen molar-refractivity contribution in [3.8, 4) is 0 Å². The lowest BCUT2D eigenvalue weighted by atomic mass is 9.85. The van der Waals surface area contributed by atoms with Gasteiger partial charge in [-0.15, -0.1) is 0 Å². The highest BCUT2D eigenvalue weighted by Crippen LogP contribution is 2.35. The fraction of sp³-hybridized carbons (Fsp3) is 0.462. The van der Waals surface area contributed by atoms with Gasteiger partial charge in [-0.2, -0.15) is 0 Å². The van der Waals surface area contributed by atoms with E-state index in [1.165, 1.54) is 6.33 Å². The number of hydrogen-bond acceptors (Lipinski definition) is 3. The zero-order valence-corrected chi connectivity index (χ0v) is 11.0. The van der Waals surface area contributed by atoms with Crippen LogP contribution in [0.1, 0.15) is 31.7 Å². The van der Waals surface area contributed by atoms with Gasteiger partial charge in [-0.05, 0) is 25.3 Å². The maximum atomic E-state index is 11.1. The Labute approximate surface area is 115 Å². The zero-order chi connectivity index (χ0) is 13.4. The van der Waals surface area contributed by atoms with Gasteiger partial charge in [0.25, 0.3) is 0 Å². The molecule has 100 valence electrons. The summed E-state index contributed by atoms with van der Waals surface area (Å²) < 4.78 is 2.04. The van der Waals surface area contributed by atoms with Crippen LogP contribution < -0.4 is 0 Å². The molecular formula is C13H14ClN3O2. The van der Waals surface area contributed by atoms with Crippen molar-refractivity contribution in [1.82, 2.24) is 14.5 Å². The molecule has 2 atom stereocenters. The number of halogens is 1. The molecule has 1 N–H and O–H groups in total. The van der Waals surface area contributed by atoms with E-state index in [0.717, 1.165) is 30.3 Å². The van der Waals surface area contributed by atoms with Crippen LogP contribution >= 0.6 is 11.6 Å². The Balaban J connectivity index is 1.96. The lowest BCUT2D eigenvalue weighted by Gasteiger charge is -2.28. The van der Waals surface area contributed by atoms with Crippen LogP contribution in [0.4, 0.5) is 0 Å². The number of carbonyl (C=O) groups is 1. The molecule has 0 spiro atoms. The lowest BCUT2D eigenvalue weighted by Crippen LogP contribution is -2.24. The van der Waals surface area contributed by atoms with Gasteiger partial charge in [0.1, 0.15) is 17.1 Å². The van der Waals surface area contributed by atoms with Gasteiger partial charge in [0.2, 0.25) is 0 Å². The summed E-state index contributed by atoms with van der Waals surface area (Å²) in [4.78, 5) is 19.4. The molecule has 2 aromatic rings. The fourth-order valence-corrected chi connectivity index (χ4v) is 3.07. The van der Waals surface area contributed by atoms with Gasteiger partial charge in [-0.1, -0.05) is 18.0 Å². The maximum absolute atomic E-state index is 11.1. The number of rotatable bonds is 2. The van der Waals surface area contributed by atoms with E-state index in [1.54, 1.807) is 0 Å². The van der Waals surface area contributed by atoms with Gasteiger partial charge in [-0.25, -0.2) is 9.97 Å². The molecule has 5 nitrogen and oxygen atoms in total. The Morgan fingerprint density at radius 1 is 1.42 bits per heavy atom. The Hall–Kier alpha value is -1.62. The highest BCUT2D eigenvalue weighted by atomic mass is 35.5. The van der Waals surface area contributed by atoms with Gasteiger partial charge < -0.3 is 9.67 Å². The highest BCUT2D eigenvalue weighted by Gasteiger charge is 2.28. The van der Waals surface area contributed by atoms with E-state index in [4.69, 9.17) is 16.7 Å². The van der Waals surface area contributed by atoms with Crippen molar-refractivity contribution in [2.75, 3.05) is 0 Å². The minimum Gasteiger partial charge on any atom is -0.481 e. The van der Waals surface area contributed by atoms with Crippen LogP contribution in [0.25, 0.3) is 11.0 Å². The SMILES string of the molecule is O=C(O)[C@@H]1CCC[C@H](n2ccc3c(Cl)ncnc32)C1. The minimum absolute atomic E-state index is 0.179. The summed E-state index contributed by atoms with van der Waals surface area (Å²) >= 11 is 6.03. The molecule has 0 amide bonds. The van der Waals surface area contributed by atoms with Crippen LogP contribution in [0.15, 0.2) is 18.6 Å². The van der Waals surface area contributed by atoms with Crippen LogP contribution in [-0.4, -0.2) is 25.6 Å². The molecule has 6 heteroatoms. The largest absolute Gasteiger partial charge is 0.481 e. The molecule has 0 aromatic carbocycles. The topological polar surface area (TPSA) is 68.0 Å². The standard InChI is InChI=1S/C13H14ClN3O2/c14-11-10-4-5-17(12(10)16-7-15-11)9-3-1-2-8(6-9)13(18)19/h4-5,7-9H,1-3,6H2,(H,18,19)/t8-,9+/m1/s1. The molecule has 1 aliphatic carbocycles. The molecule has 1 saturated carbocycles. The number of carboxylic acids is 1. The van der Waals surface area contributed by atoms with Crippen LogP contribution in [-0.2, 0) is 4.79 Å². The van der Waals surface area contributed by atoms with Gasteiger partial charge >= 0.3 is 5.97 Å². The van der Waals surface area contributed by atoms with Crippen molar-refractivity contribution in [2.24, 2.45) is 5.92 Å². The van der Waals surface area contributed by atoms with Crippen molar-refractivity contribution in [3.05, 3.63) is 23.7 Å². The summed E-state index contributed by atoms with van der Waals surface area (Å²) in [5.41, 5.74) is 0.788. The quantitative estimate of drug-likeness (QED) is 0.858. The third-order valence-corrected chi connectivity index (χ3v) is 4.15. The summed E-state index contributed by atoms with van der Waals surface area (Å²) in [5.74, 6) is -0.956. The molecule has 0 bridgehead atoms. The Morgan fingerprint density at radius 2 is 2.26 bits per heavy atom. The minimum atomic E-state index is -0.700. The molecular weight excluding hydrogens is 266 g/mol. The highest BCUT2D eigenvalue weighted by molar-refractivity contribution is 6.33. The van der Waals surface area contributed by atoms with Crippen molar-refractivity contribution < 1.29 is 9.90 Å². The summed E-state index contributed by atoms with van der Waals surface area (Å²) in [5, 5.41) is 10.4. The molecule has 0 aliphatic heterocycles. The third-order valence-electron chi connectivity index (χ3n) is 3.85. The van der Waals surface area contributed by atoms with Gasteiger partial charge in [-0.3, -0.25) is 4.79 Å². The normalized spacial score (nSPS) is 23.6. The number of aliphatic carboxylic acids is 1. The molecule has 1 fully saturated rings. The van der Waals surface area contributed by atoms with Gasteiger partial charge in [0.05, 0.1) is 11.3 Å². The van der Waals surface area contributed by atoms with E-state index in [2.05, 4.69) is 9.97 Å². The number of fused-ring (bicyclic) bond motifs is 1. The van der Waals surface area contributed by atoms with E-state index in [9.17, 15) is 4.79 Å². The molecule has 3 rings (SSSR count). The van der Waals surface area contributed by atoms with Gasteiger partial charge in [0.15, 0.2) is 0 Å². The van der Waals surface area contributed by atoms with E-state index < -0.39 is 5.97 Å². The van der Waals surface area contributed by atoms with E-state index in [0.29, 0.717) is 11.6 Å². The van der Waals surface area contributed by atoms with Gasteiger partial charge in [0, 0.05) is 12.2 Å². The van der Waals surface area contributed by atoms with Crippen LogP contribution in [0, 0.1) is 5.92 Å². The monoisotopic (exact) mass is 279 g/mol. The van der Waals surface area contributed by atoms with Crippen molar-refractivity contribution in [3.63, 3.8) is 0 Å². The summed E-state index contributed by atoms with van der Waals surface area (Å²) in [6, 6.07) is 2.07. The fourth-order valence-electron chi connectivity index (χ4n) is 2.88. The van der Waals surface area contributed by atoms with Crippen LogP contribution in [0.2, 0.25) is 5.15 Å².